The highest BCUT2D eigenvalue weighted by atomic mass is 16.4. The van der Waals surface area contributed by atoms with E-state index in [4.69, 9.17) is 5.11 Å². The van der Waals surface area contributed by atoms with Gasteiger partial charge in [0.25, 0.3) is 0 Å². The summed E-state index contributed by atoms with van der Waals surface area (Å²) >= 11 is 0. The summed E-state index contributed by atoms with van der Waals surface area (Å²) in [7, 11) is 0. The van der Waals surface area contributed by atoms with E-state index in [1.165, 1.54) is 12.1 Å². The highest BCUT2D eigenvalue weighted by molar-refractivity contribution is 5.93. The Labute approximate surface area is 84.6 Å². The smallest absolute Gasteiger partial charge is 0.309 e. The molecule has 0 aliphatic rings. The third-order valence-electron chi connectivity index (χ3n) is 2.18. The van der Waals surface area contributed by atoms with E-state index >= 15 is 0 Å². The van der Waals surface area contributed by atoms with Crippen molar-refractivity contribution in [1.82, 2.24) is 4.98 Å². The van der Waals surface area contributed by atoms with Crippen molar-refractivity contribution in [2.75, 3.05) is 0 Å². The van der Waals surface area contributed by atoms with E-state index in [1.807, 2.05) is 0 Å². The number of phenols is 1. The Balaban J connectivity index is 2.62. The lowest BCUT2D eigenvalue weighted by Crippen LogP contribution is -2.00. The number of rotatable bonds is 2. The van der Waals surface area contributed by atoms with Crippen LogP contribution in [-0.4, -0.2) is 26.3 Å². The van der Waals surface area contributed by atoms with Crippen molar-refractivity contribution in [3.63, 3.8) is 0 Å². The van der Waals surface area contributed by atoms with Crippen LogP contribution in [0.2, 0.25) is 0 Å². The first-order valence-corrected chi connectivity index (χ1v) is 4.32. The Kier molecular flexibility index (Phi) is 2.00. The van der Waals surface area contributed by atoms with Gasteiger partial charge in [-0.05, 0) is 18.2 Å². The number of aromatic amines is 1. The van der Waals surface area contributed by atoms with Crippen molar-refractivity contribution in [3.05, 3.63) is 23.9 Å². The molecule has 1 aromatic carbocycles. The van der Waals surface area contributed by atoms with Gasteiger partial charge in [-0.3, -0.25) is 4.79 Å². The number of hydrogen-bond acceptors (Lipinski definition) is 3. The molecule has 0 spiro atoms. The summed E-state index contributed by atoms with van der Waals surface area (Å²) in [5.74, 6) is -1.08. The lowest BCUT2D eigenvalue weighted by molar-refractivity contribution is -0.136. The Morgan fingerprint density at radius 1 is 1.27 bits per heavy atom. The van der Waals surface area contributed by atoms with Crippen molar-refractivity contribution < 1.29 is 20.1 Å². The van der Waals surface area contributed by atoms with E-state index in [2.05, 4.69) is 4.98 Å². The second-order valence-corrected chi connectivity index (χ2v) is 3.25. The predicted molar refractivity (Wildman–Crippen MR) is 53.0 cm³/mol. The van der Waals surface area contributed by atoms with Crippen LogP contribution in [0.15, 0.2) is 18.2 Å². The molecule has 2 rings (SSSR count). The number of aromatic nitrogens is 1. The molecule has 0 saturated carbocycles. The topological polar surface area (TPSA) is 93.5 Å². The van der Waals surface area contributed by atoms with Crippen LogP contribution in [-0.2, 0) is 11.2 Å². The van der Waals surface area contributed by atoms with Gasteiger partial charge < -0.3 is 20.3 Å². The molecule has 0 aliphatic heterocycles. The summed E-state index contributed by atoms with van der Waals surface area (Å²) < 4.78 is 0. The molecule has 5 nitrogen and oxygen atoms in total. The van der Waals surface area contributed by atoms with Crippen LogP contribution in [0, 0.1) is 0 Å². The second-order valence-electron chi connectivity index (χ2n) is 3.25. The van der Waals surface area contributed by atoms with Crippen LogP contribution < -0.4 is 0 Å². The van der Waals surface area contributed by atoms with E-state index in [1.54, 1.807) is 6.07 Å². The first-order chi connectivity index (χ1) is 7.08. The average Bonchev–Trinajstić information content (AvgIpc) is 2.42. The largest absolute Gasteiger partial charge is 0.508 e. The maximum Gasteiger partial charge on any atom is 0.309 e. The number of carboxylic acid groups (broad SMARTS) is 1. The fraction of sp³-hybridized carbons (Fsp3) is 0.100. The molecule has 0 radical (unpaired) electrons. The lowest BCUT2D eigenvalue weighted by Gasteiger charge is -1.94. The molecule has 0 fully saturated rings. The molecule has 0 saturated heterocycles. The molecule has 0 amide bonds. The number of carbonyl (C=O) groups is 1. The van der Waals surface area contributed by atoms with Gasteiger partial charge in [-0.2, -0.15) is 0 Å². The Hall–Kier alpha value is -2.17. The molecule has 0 aliphatic carbocycles. The first kappa shape index (κ1) is 9.39. The standard InChI is InChI=1S/C10H9NO4/c12-5-1-2-6-7(3-5)10(15)11-8(6)4-9(13)14/h1-3,11-12,15H,4H2,(H,13,14). The van der Waals surface area contributed by atoms with Crippen molar-refractivity contribution in [3.8, 4) is 11.6 Å². The van der Waals surface area contributed by atoms with Gasteiger partial charge in [0.1, 0.15) is 5.75 Å². The van der Waals surface area contributed by atoms with Crippen molar-refractivity contribution in [2.24, 2.45) is 0 Å². The van der Waals surface area contributed by atoms with E-state index in [0.717, 1.165) is 0 Å². The third kappa shape index (κ3) is 1.59. The molecular formula is C10H9NO4. The summed E-state index contributed by atoms with van der Waals surface area (Å²) in [6.07, 6.45) is -0.193. The highest BCUT2D eigenvalue weighted by Crippen LogP contribution is 2.30. The molecule has 4 N–H and O–H groups in total. The van der Waals surface area contributed by atoms with E-state index in [0.29, 0.717) is 16.5 Å². The molecular weight excluding hydrogens is 198 g/mol. The number of H-pyrrole nitrogens is 1. The van der Waals surface area contributed by atoms with E-state index in [-0.39, 0.29) is 18.1 Å². The number of nitrogens with one attached hydrogen (secondary N) is 1. The average molecular weight is 207 g/mol. The molecule has 0 bridgehead atoms. The molecule has 15 heavy (non-hydrogen) atoms. The number of phenolic OH excluding ortho intramolecular Hbond substituents is 1. The lowest BCUT2D eigenvalue weighted by atomic mass is 10.1. The van der Waals surface area contributed by atoms with Gasteiger partial charge in [0, 0.05) is 16.5 Å². The molecule has 2 aromatic rings. The Morgan fingerprint density at radius 3 is 2.67 bits per heavy atom. The first-order valence-electron chi connectivity index (χ1n) is 4.32. The number of aliphatic carboxylic acids is 1. The molecule has 0 unspecified atom stereocenters. The zero-order chi connectivity index (χ0) is 11.0. The van der Waals surface area contributed by atoms with Gasteiger partial charge in [0.15, 0.2) is 5.88 Å². The zero-order valence-corrected chi connectivity index (χ0v) is 7.69. The summed E-state index contributed by atoms with van der Waals surface area (Å²) in [4.78, 5) is 13.1. The van der Waals surface area contributed by atoms with Crippen LogP contribution in [0.1, 0.15) is 5.69 Å². The zero-order valence-electron chi connectivity index (χ0n) is 7.69. The number of hydrogen-bond donors (Lipinski definition) is 4. The minimum absolute atomic E-state index is 0.0266. The quantitative estimate of drug-likeness (QED) is 0.595. The summed E-state index contributed by atoms with van der Waals surface area (Å²) in [5, 5.41) is 28.3. The van der Waals surface area contributed by atoms with Crippen molar-refractivity contribution in [1.29, 1.82) is 0 Å². The summed E-state index contributed by atoms with van der Waals surface area (Å²) in [6.45, 7) is 0. The minimum atomic E-state index is -0.980. The third-order valence-corrected chi connectivity index (χ3v) is 2.18. The van der Waals surface area contributed by atoms with Crippen LogP contribution in [0.3, 0.4) is 0 Å². The van der Waals surface area contributed by atoms with Gasteiger partial charge >= 0.3 is 5.97 Å². The molecule has 0 atom stereocenters. The van der Waals surface area contributed by atoms with Gasteiger partial charge in [0.2, 0.25) is 0 Å². The number of carboxylic acids is 1. The van der Waals surface area contributed by atoms with Crippen LogP contribution in [0.25, 0.3) is 10.8 Å². The molecule has 1 heterocycles. The SMILES string of the molecule is O=C(O)Cc1[nH]c(O)c2cc(O)ccc12. The van der Waals surface area contributed by atoms with Crippen LogP contribution in [0.4, 0.5) is 0 Å². The van der Waals surface area contributed by atoms with Gasteiger partial charge in [-0.15, -0.1) is 0 Å². The highest BCUT2D eigenvalue weighted by Gasteiger charge is 2.12. The molecule has 5 heteroatoms. The monoisotopic (exact) mass is 207 g/mol. The number of aromatic hydroxyl groups is 2. The van der Waals surface area contributed by atoms with E-state index in [9.17, 15) is 15.0 Å². The maximum atomic E-state index is 10.5. The normalized spacial score (nSPS) is 10.7. The molecule has 1 aromatic heterocycles. The van der Waals surface area contributed by atoms with Crippen molar-refractivity contribution >= 4 is 16.7 Å². The van der Waals surface area contributed by atoms with E-state index < -0.39 is 5.97 Å². The van der Waals surface area contributed by atoms with Crippen molar-refractivity contribution in [2.45, 2.75) is 6.42 Å². The van der Waals surface area contributed by atoms with Gasteiger partial charge in [-0.1, -0.05) is 0 Å². The van der Waals surface area contributed by atoms with Gasteiger partial charge in [-0.25, -0.2) is 0 Å². The fourth-order valence-electron chi connectivity index (χ4n) is 1.56. The Bertz CT molecular complexity index is 529. The van der Waals surface area contributed by atoms with Gasteiger partial charge in [0.05, 0.1) is 6.42 Å². The van der Waals surface area contributed by atoms with Crippen LogP contribution in [0.5, 0.6) is 11.6 Å². The molecule has 78 valence electrons. The Morgan fingerprint density at radius 2 is 2.00 bits per heavy atom. The predicted octanol–water partition coefficient (Wildman–Crippen LogP) is 1.21. The number of fused-ring (bicyclic) bond motifs is 1. The second kappa shape index (κ2) is 3.20. The summed E-state index contributed by atoms with van der Waals surface area (Å²) in [5.41, 5.74) is 0.426. The van der Waals surface area contributed by atoms with Crippen LogP contribution >= 0.6 is 0 Å². The summed E-state index contributed by atoms with van der Waals surface area (Å²) in [6, 6.07) is 4.40. The maximum absolute atomic E-state index is 10.5. The fourth-order valence-corrected chi connectivity index (χ4v) is 1.56. The minimum Gasteiger partial charge on any atom is -0.508 e. The number of benzene rings is 1.